The Morgan fingerprint density at radius 3 is 2.80 bits per heavy atom. The van der Waals surface area contributed by atoms with Gasteiger partial charge in [-0.25, -0.2) is 13.1 Å². The van der Waals surface area contributed by atoms with E-state index < -0.39 is 10.0 Å². The second-order valence-electron chi connectivity index (χ2n) is 3.60. The van der Waals surface area contributed by atoms with Crippen LogP contribution in [0.5, 0.6) is 0 Å². The highest BCUT2D eigenvalue weighted by Crippen LogP contribution is 2.06. The van der Waals surface area contributed by atoms with E-state index in [0.717, 1.165) is 19.5 Å². The highest BCUT2D eigenvalue weighted by molar-refractivity contribution is 7.89. The summed E-state index contributed by atoms with van der Waals surface area (Å²) in [5.41, 5.74) is 0. The molecule has 1 unspecified atom stereocenters. The van der Waals surface area contributed by atoms with Crippen molar-refractivity contribution in [2.45, 2.75) is 12.8 Å². The fraction of sp³-hybridized carbons (Fsp3) is 0.778. The molecule has 1 heterocycles. The van der Waals surface area contributed by atoms with Gasteiger partial charge in [0.1, 0.15) is 0 Å². The Labute approximate surface area is 98.0 Å². The minimum absolute atomic E-state index is 0. The number of nitrogens with one attached hydrogen (secondary N) is 2. The summed E-state index contributed by atoms with van der Waals surface area (Å²) >= 11 is 0. The highest BCUT2D eigenvalue weighted by atomic mass is 35.5. The van der Waals surface area contributed by atoms with Gasteiger partial charge in [0.15, 0.2) is 0 Å². The second-order valence-corrected chi connectivity index (χ2v) is 5.53. The second kappa shape index (κ2) is 7.22. The number of hydrogen-bond acceptors (Lipinski definition) is 3. The molecule has 90 valence electrons. The van der Waals surface area contributed by atoms with E-state index in [2.05, 4.69) is 16.6 Å². The summed E-state index contributed by atoms with van der Waals surface area (Å²) in [4.78, 5) is 0. The molecule has 1 rings (SSSR count). The van der Waals surface area contributed by atoms with Gasteiger partial charge in [-0.3, -0.25) is 0 Å². The van der Waals surface area contributed by atoms with Crippen LogP contribution in [0, 0.1) is 5.92 Å². The van der Waals surface area contributed by atoms with Crippen LogP contribution in [0.25, 0.3) is 0 Å². The molecule has 0 aromatic rings. The molecule has 1 aliphatic heterocycles. The predicted molar refractivity (Wildman–Crippen MR) is 64.8 cm³/mol. The van der Waals surface area contributed by atoms with Crippen LogP contribution in [0.15, 0.2) is 12.7 Å². The molecular formula is C9H19ClN2O2S. The molecule has 0 radical (unpaired) electrons. The minimum atomic E-state index is -3.08. The molecule has 0 bridgehead atoms. The van der Waals surface area contributed by atoms with E-state index in [1.807, 2.05) is 0 Å². The van der Waals surface area contributed by atoms with Crippen molar-refractivity contribution in [3.05, 3.63) is 12.7 Å². The third-order valence-corrected chi connectivity index (χ3v) is 3.72. The summed E-state index contributed by atoms with van der Waals surface area (Å²) in [6, 6.07) is 0. The van der Waals surface area contributed by atoms with Crippen LogP contribution < -0.4 is 10.0 Å². The van der Waals surface area contributed by atoms with Crippen LogP contribution in [0.3, 0.4) is 0 Å². The fourth-order valence-corrected chi connectivity index (χ4v) is 2.56. The molecule has 6 heteroatoms. The molecule has 0 aliphatic carbocycles. The Morgan fingerprint density at radius 2 is 2.27 bits per heavy atom. The molecule has 0 saturated carbocycles. The number of allylic oxidation sites excluding steroid dienone is 1. The van der Waals surface area contributed by atoms with Gasteiger partial charge >= 0.3 is 0 Å². The topological polar surface area (TPSA) is 58.2 Å². The summed E-state index contributed by atoms with van der Waals surface area (Å²) in [6.07, 6.45) is 3.19. The maximum absolute atomic E-state index is 11.4. The van der Waals surface area contributed by atoms with Crippen LogP contribution in [-0.4, -0.2) is 33.8 Å². The maximum atomic E-state index is 11.4. The van der Waals surface area contributed by atoms with Gasteiger partial charge in [0.2, 0.25) is 10.0 Å². The Morgan fingerprint density at radius 1 is 1.53 bits per heavy atom. The van der Waals surface area contributed by atoms with Gasteiger partial charge in [0.25, 0.3) is 0 Å². The van der Waals surface area contributed by atoms with Crippen molar-refractivity contribution in [3.8, 4) is 0 Å². The van der Waals surface area contributed by atoms with Crippen molar-refractivity contribution >= 4 is 22.4 Å². The molecular weight excluding hydrogens is 236 g/mol. The normalized spacial score (nSPS) is 20.9. The van der Waals surface area contributed by atoms with E-state index in [-0.39, 0.29) is 18.2 Å². The van der Waals surface area contributed by atoms with Crippen LogP contribution in [0.2, 0.25) is 0 Å². The summed E-state index contributed by atoms with van der Waals surface area (Å²) < 4.78 is 25.4. The van der Waals surface area contributed by atoms with Crippen molar-refractivity contribution in [2.75, 3.05) is 25.4 Å². The quantitative estimate of drug-likeness (QED) is 0.680. The van der Waals surface area contributed by atoms with Crippen LogP contribution in [0.1, 0.15) is 12.8 Å². The lowest BCUT2D eigenvalue weighted by atomic mass is 10.1. The van der Waals surface area contributed by atoms with Crippen molar-refractivity contribution in [2.24, 2.45) is 5.92 Å². The first kappa shape index (κ1) is 14.9. The molecule has 15 heavy (non-hydrogen) atoms. The number of rotatable bonds is 6. The summed E-state index contributed by atoms with van der Waals surface area (Å²) in [6.45, 7) is 5.98. The number of hydrogen-bond donors (Lipinski definition) is 2. The molecule has 1 atom stereocenters. The molecule has 1 aliphatic rings. The standard InChI is InChI=1S/C9H18N2O2S.ClH/c1-2-3-6-14(12,13)11-8-9-4-5-10-7-9;/h2,9-11H,1,3-8H2;1H. The van der Waals surface area contributed by atoms with Gasteiger partial charge in [-0.05, 0) is 31.8 Å². The molecule has 2 N–H and O–H groups in total. The zero-order valence-corrected chi connectivity index (χ0v) is 10.4. The lowest BCUT2D eigenvalue weighted by Gasteiger charge is -2.09. The van der Waals surface area contributed by atoms with Gasteiger partial charge in [0, 0.05) is 6.54 Å². The molecule has 0 spiro atoms. The lowest BCUT2D eigenvalue weighted by molar-refractivity contribution is 0.538. The van der Waals surface area contributed by atoms with E-state index in [1.54, 1.807) is 6.08 Å². The minimum Gasteiger partial charge on any atom is -0.316 e. The van der Waals surface area contributed by atoms with E-state index in [0.29, 0.717) is 18.9 Å². The van der Waals surface area contributed by atoms with E-state index >= 15 is 0 Å². The third-order valence-electron chi connectivity index (χ3n) is 2.35. The fourth-order valence-electron chi connectivity index (χ4n) is 1.44. The van der Waals surface area contributed by atoms with Crippen molar-refractivity contribution in [1.29, 1.82) is 0 Å². The Hall–Kier alpha value is -0.100. The van der Waals surface area contributed by atoms with Gasteiger partial charge in [-0.2, -0.15) is 0 Å². The summed E-state index contributed by atoms with van der Waals surface area (Å²) in [7, 11) is -3.08. The molecule has 0 aromatic heterocycles. The van der Waals surface area contributed by atoms with Crippen molar-refractivity contribution < 1.29 is 8.42 Å². The van der Waals surface area contributed by atoms with Crippen molar-refractivity contribution in [1.82, 2.24) is 10.0 Å². The number of halogens is 1. The van der Waals surface area contributed by atoms with Crippen LogP contribution >= 0.6 is 12.4 Å². The van der Waals surface area contributed by atoms with Gasteiger partial charge < -0.3 is 5.32 Å². The molecule has 1 fully saturated rings. The smallest absolute Gasteiger partial charge is 0.211 e. The first-order valence-electron chi connectivity index (χ1n) is 4.93. The highest BCUT2D eigenvalue weighted by Gasteiger charge is 2.17. The van der Waals surface area contributed by atoms with Gasteiger partial charge in [-0.1, -0.05) is 6.08 Å². The molecule has 4 nitrogen and oxygen atoms in total. The van der Waals surface area contributed by atoms with Gasteiger partial charge in [-0.15, -0.1) is 19.0 Å². The average Bonchev–Trinajstić information content (AvgIpc) is 2.64. The maximum Gasteiger partial charge on any atom is 0.211 e. The largest absolute Gasteiger partial charge is 0.316 e. The predicted octanol–water partition coefficient (Wildman–Crippen LogP) is 0.513. The zero-order valence-electron chi connectivity index (χ0n) is 8.74. The van der Waals surface area contributed by atoms with E-state index in [9.17, 15) is 8.42 Å². The molecule has 0 amide bonds. The summed E-state index contributed by atoms with van der Waals surface area (Å²) in [5.74, 6) is 0.602. The molecule has 1 saturated heterocycles. The average molecular weight is 255 g/mol. The number of sulfonamides is 1. The third kappa shape index (κ3) is 6.14. The van der Waals surface area contributed by atoms with Crippen LogP contribution in [-0.2, 0) is 10.0 Å². The first-order chi connectivity index (χ1) is 6.64. The SMILES string of the molecule is C=CCCS(=O)(=O)NCC1CCNC1.Cl. The monoisotopic (exact) mass is 254 g/mol. The first-order valence-corrected chi connectivity index (χ1v) is 6.58. The van der Waals surface area contributed by atoms with Crippen LogP contribution in [0.4, 0.5) is 0 Å². The summed E-state index contributed by atoms with van der Waals surface area (Å²) in [5, 5.41) is 3.20. The lowest BCUT2D eigenvalue weighted by Crippen LogP contribution is -2.31. The van der Waals surface area contributed by atoms with E-state index in [4.69, 9.17) is 0 Å². The van der Waals surface area contributed by atoms with E-state index in [1.165, 1.54) is 0 Å². The Bertz CT molecular complexity index is 274. The molecule has 0 aromatic carbocycles. The zero-order chi connectivity index (χ0) is 10.4. The Kier molecular flexibility index (Phi) is 7.17. The Balaban J connectivity index is 0.00000196. The van der Waals surface area contributed by atoms with Crippen molar-refractivity contribution in [3.63, 3.8) is 0 Å². The van der Waals surface area contributed by atoms with Gasteiger partial charge in [0.05, 0.1) is 5.75 Å².